The number of anilines is 2. The van der Waals surface area contributed by atoms with Gasteiger partial charge < -0.3 is 15.0 Å². The molecule has 2 amide bonds. The van der Waals surface area contributed by atoms with Crippen molar-refractivity contribution in [2.75, 3.05) is 16.8 Å². The first-order valence-electron chi connectivity index (χ1n) is 13.0. The zero-order chi connectivity index (χ0) is 28.2. The number of pyridine rings is 1. The zero-order valence-corrected chi connectivity index (χ0v) is 22.9. The van der Waals surface area contributed by atoms with E-state index in [0.717, 1.165) is 11.1 Å². The number of aryl methyl sites for hydroxylation is 2. The molecule has 1 aromatic heterocycles. The van der Waals surface area contributed by atoms with Gasteiger partial charge in [0, 0.05) is 46.3 Å². The van der Waals surface area contributed by atoms with Gasteiger partial charge in [-0.1, -0.05) is 29.8 Å². The van der Waals surface area contributed by atoms with Crippen LogP contribution < -0.4 is 10.2 Å². The first-order valence-corrected chi connectivity index (χ1v) is 13.4. The lowest BCUT2D eigenvalue weighted by molar-refractivity contribution is 0.0279. The van der Waals surface area contributed by atoms with Crippen LogP contribution in [0.3, 0.4) is 0 Å². The Balaban J connectivity index is 1.39. The number of esters is 1. The Bertz CT molecular complexity index is 1590. The summed E-state index contributed by atoms with van der Waals surface area (Å²) >= 11 is 6.34. The van der Waals surface area contributed by atoms with Crippen LogP contribution in [0.2, 0.25) is 5.02 Å². The minimum absolute atomic E-state index is 0.182. The summed E-state index contributed by atoms with van der Waals surface area (Å²) in [6, 6.07) is 21.1. The Morgan fingerprint density at radius 3 is 2.45 bits per heavy atom. The molecule has 0 fully saturated rings. The Morgan fingerprint density at radius 1 is 0.925 bits per heavy atom. The van der Waals surface area contributed by atoms with Crippen molar-refractivity contribution in [1.29, 1.82) is 0 Å². The monoisotopic (exact) mass is 553 g/mol. The molecule has 1 atom stereocenters. The molecular weight excluding hydrogens is 526 g/mol. The van der Waals surface area contributed by atoms with E-state index in [1.807, 2.05) is 32.0 Å². The third kappa shape index (κ3) is 5.75. The van der Waals surface area contributed by atoms with E-state index in [0.29, 0.717) is 58.0 Å². The predicted octanol–water partition coefficient (Wildman–Crippen LogP) is 6.94. The molecule has 202 valence electrons. The Hall–Kier alpha value is -4.49. The van der Waals surface area contributed by atoms with Crippen molar-refractivity contribution >= 4 is 40.8 Å². The van der Waals surface area contributed by atoms with Crippen LogP contribution in [-0.4, -0.2) is 29.3 Å². The summed E-state index contributed by atoms with van der Waals surface area (Å²) in [6.45, 7) is 4.18. The summed E-state index contributed by atoms with van der Waals surface area (Å²) < 4.78 is 5.89. The molecule has 8 heteroatoms. The molecule has 0 radical (unpaired) electrons. The Morgan fingerprint density at radius 2 is 1.70 bits per heavy atom. The van der Waals surface area contributed by atoms with Gasteiger partial charge in [0.05, 0.1) is 11.3 Å². The number of amides is 2. The number of nitrogens with zero attached hydrogens (tertiary/aromatic N) is 2. The molecule has 1 unspecified atom stereocenters. The second kappa shape index (κ2) is 11.7. The maximum Gasteiger partial charge on any atom is 0.338 e. The molecule has 0 saturated heterocycles. The van der Waals surface area contributed by atoms with Crippen LogP contribution in [0.4, 0.5) is 11.4 Å². The van der Waals surface area contributed by atoms with Crippen molar-refractivity contribution in [3.8, 4) is 0 Å². The fraction of sp³-hybridized carbons (Fsp3) is 0.188. The smallest absolute Gasteiger partial charge is 0.338 e. The van der Waals surface area contributed by atoms with Crippen LogP contribution in [0.5, 0.6) is 0 Å². The summed E-state index contributed by atoms with van der Waals surface area (Å²) in [5.74, 6) is -0.849. The molecule has 4 aromatic rings. The van der Waals surface area contributed by atoms with Gasteiger partial charge in [-0.15, -0.1) is 0 Å². The van der Waals surface area contributed by atoms with E-state index < -0.39 is 12.1 Å². The third-order valence-corrected chi connectivity index (χ3v) is 7.23. The highest BCUT2D eigenvalue weighted by Crippen LogP contribution is 2.38. The summed E-state index contributed by atoms with van der Waals surface area (Å²) in [7, 11) is 0. The molecule has 5 rings (SSSR count). The van der Waals surface area contributed by atoms with Crippen LogP contribution in [0.15, 0.2) is 85.2 Å². The van der Waals surface area contributed by atoms with Crippen LogP contribution in [0, 0.1) is 13.8 Å². The van der Waals surface area contributed by atoms with Gasteiger partial charge in [0.2, 0.25) is 0 Å². The summed E-state index contributed by atoms with van der Waals surface area (Å²) in [5, 5.41) is 3.41. The van der Waals surface area contributed by atoms with E-state index in [9.17, 15) is 14.4 Å². The van der Waals surface area contributed by atoms with Gasteiger partial charge in [-0.25, -0.2) is 4.79 Å². The normalized spacial score (nSPS) is 14.6. The van der Waals surface area contributed by atoms with Crippen molar-refractivity contribution in [2.24, 2.45) is 0 Å². The number of benzene rings is 3. The van der Waals surface area contributed by atoms with Crippen LogP contribution >= 0.6 is 11.6 Å². The molecule has 1 aliphatic rings. The average molecular weight is 554 g/mol. The topological polar surface area (TPSA) is 88.6 Å². The number of carbonyl (C=O) groups excluding carboxylic acids is 3. The maximum atomic E-state index is 13.9. The minimum Gasteiger partial charge on any atom is -0.454 e. The molecular formula is C32H28ClN3O4. The van der Waals surface area contributed by atoms with Gasteiger partial charge in [0.25, 0.3) is 11.8 Å². The highest BCUT2D eigenvalue weighted by Gasteiger charge is 2.30. The van der Waals surface area contributed by atoms with Crippen molar-refractivity contribution in [2.45, 2.75) is 32.8 Å². The van der Waals surface area contributed by atoms with E-state index >= 15 is 0 Å². The van der Waals surface area contributed by atoms with Gasteiger partial charge in [-0.2, -0.15) is 0 Å². The van der Waals surface area contributed by atoms with Crippen molar-refractivity contribution in [3.05, 3.63) is 124 Å². The molecule has 0 spiro atoms. The quantitative estimate of drug-likeness (QED) is 0.270. The van der Waals surface area contributed by atoms with Gasteiger partial charge in [0.15, 0.2) is 0 Å². The van der Waals surface area contributed by atoms with Gasteiger partial charge in [-0.05, 0) is 92.4 Å². The largest absolute Gasteiger partial charge is 0.454 e. The molecule has 0 saturated carbocycles. The summed E-state index contributed by atoms with van der Waals surface area (Å²) in [4.78, 5) is 45.1. The number of nitrogens with one attached hydrogen (secondary N) is 1. The molecule has 0 bridgehead atoms. The van der Waals surface area contributed by atoms with Gasteiger partial charge >= 0.3 is 5.97 Å². The molecule has 3 aromatic carbocycles. The highest BCUT2D eigenvalue weighted by molar-refractivity contribution is 6.30. The minimum atomic E-state index is -0.563. The number of hydrogen-bond donors (Lipinski definition) is 1. The Kier molecular flexibility index (Phi) is 7.94. The van der Waals surface area contributed by atoms with E-state index in [-0.39, 0.29) is 11.8 Å². The average Bonchev–Trinajstić information content (AvgIpc) is 3.12. The number of hydrogen-bond acceptors (Lipinski definition) is 5. The zero-order valence-electron chi connectivity index (χ0n) is 22.2. The van der Waals surface area contributed by atoms with Gasteiger partial charge in [-0.3, -0.25) is 14.6 Å². The van der Waals surface area contributed by atoms with Crippen molar-refractivity contribution < 1.29 is 19.1 Å². The van der Waals surface area contributed by atoms with Crippen LogP contribution in [-0.2, 0) is 4.74 Å². The van der Waals surface area contributed by atoms with E-state index in [1.54, 1.807) is 59.5 Å². The first kappa shape index (κ1) is 27.1. The lowest BCUT2D eigenvalue weighted by Crippen LogP contribution is -2.32. The lowest BCUT2D eigenvalue weighted by atomic mass is 10.0. The molecule has 7 nitrogen and oxygen atoms in total. The van der Waals surface area contributed by atoms with Gasteiger partial charge in [0.1, 0.15) is 6.10 Å². The number of ether oxygens (including phenoxy) is 1. The summed E-state index contributed by atoms with van der Waals surface area (Å²) in [6.07, 6.45) is 3.67. The molecule has 1 N–H and O–H groups in total. The van der Waals surface area contributed by atoms with Crippen LogP contribution in [0.1, 0.15) is 66.7 Å². The number of halogens is 1. The second-order valence-corrected chi connectivity index (χ2v) is 10.2. The maximum absolute atomic E-state index is 13.9. The third-order valence-electron chi connectivity index (χ3n) is 6.99. The van der Waals surface area contributed by atoms with E-state index in [2.05, 4.69) is 10.3 Å². The number of aromatic nitrogens is 1. The fourth-order valence-electron chi connectivity index (χ4n) is 4.91. The molecule has 0 aliphatic carbocycles. The van der Waals surface area contributed by atoms with Crippen LogP contribution in [0.25, 0.3) is 0 Å². The van der Waals surface area contributed by atoms with E-state index in [4.69, 9.17) is 16.3 Å². The predicted molar refractivity (Wildman–Crippen MR) is 155 cm³/mol. The first-order chi connectivity index (χ1) is 19.3. The fourth-order valence-corrected chi connectivity index (χ4v) is 5.09. The standard InChI is InChI=1S/C32H28ClN3O4/c1-20-6-3-4-7-25(20)30(37)35-24-10-11-26(21(2)18-24)31(38)36-17-5-8-29(27-19-23(33)9-12-28(27)36)40-32(39)22-13-15-34-16-14-22/h3-4,6-7,9-16,18-19,29H,5,8,17H2,1-2H3,(H,35,37). The SMILES string of the molecule is Cc1ccccc1C(=O)Nc1ccc(C(=O)N2CCCC(OC(=O)c3ccncc3)c3cc(Cl)ccc32)c(C)c1. The molecule has 2 heterocycles. The highest BCUT2D eigenvalue weighted by atomic mass is 35.5. The summed E-state index contributed by atoms with van der Waals surface area (Å²) in [5.41, 5.74) is 5.06. The Labute approximate surface area is 237 Å². The van der Waals surface area contributed by atoms with Crippen molar-refractivity contribution in [3.63, 3.8) is 0 Å². The number of carbonyl (C=O) groups is 3. The number of fused-ring (bicyclic) bond motifs is 1. The molecule has 40 heavy (non-hydrogen) atoms. The molecule has 1 aliphatic heterocycles. The van der Waals surface area contributed by atoms with E-state index in [1.165, 1.54) is 12.4 Å². The van der Waals surface area contributed by atoms with Crippen molar-refractivity contribution in [1.82, 2.24) is 4.98 Å². The number of rotatable bonds is 5. The second-order valence-electron chi connectivity index (χ2n) is 9.73. The lowest BCUT2D eigenvalue weighted by Gasteiger charge is -2.25.